The number of aryl methyl sites for hydroxylation is 1. The summed E-state index contributed by atoms with van der Waals surface area (Å²) in [5.74, 6) is -0.976. The van der Waals surface area contributed by atoms with Crippen LogP contribution in [0.3, 0.4) is 0 Å². The fourth-order valence-electron chi connectivity index (χ4n) is 2.54. The molecule has 3 N–H and O–H groups in total. The predicted molar refractivity (Wildman–Crippen MR) is 80.6 cm³/mol. The van der Waals surface area contributed by atoms with E-state index in [0.29, 0.717) is 17.2 Å². The average Bonchev–Trinajstić information content (AvgIpc) is 2.77. The molecule has 0 atom stereocenters. The Balaban J connectivity index is 1.78. The lowest BCUT2D eigenvalue weighted by Crippen LogP contribution is -2.45. The van der Waals surface area contributed by atoms with Gasteiger partial charge in [-0.05, 0) is 31.6 Å². The summed E-state index contributed by atoms with van der Waals surface area (Å²) in [5.41, 5.74) is 0.773. The molecule has 6 nitrogen and oxygen atoms in total. The van der Waals surface area contributed by atoms with Gasteiger partial charge >= 0.3 is 12.0 Å². The van der Waals surface area contributed by atoms with Crippen LogP contribution >= 0.6 is 11.3 Å². The maximum atomic E-state index is 11.8. The number of carboxylic acids is 1. The standard InChI is InChI=1S/C14H21N3O3S/c1-3-14(5-4-6-14)8-16-13(20)15-7-10-17-9(2)11(21-10)12(18)19/h3-8H2,1-2H3,(H,18,19)(H2,15,16,20). The van der Waals surface area contributed by atoms with Gasteiger partial charge in [0.25, 0.3) is 0 Å². The van der Waals surface area contributed by atoms with Crippen LogP contribution in [0.5, 0.6) is 0 Å². The van der Waals surface area contributed by atoms with E-state index in [1.54, 1.807) is 6.92 Å². The molecular weight excluding hydrogens is 290 g/mol. The highest BCUT2D eigenvalue weighted by atomic mass is 32.1. The lowest BCUT2D eigenvalue weighted by molar-refractivity contribution is 0.0701. The second-order valence-electron chi connectivity index (χ2n) is 5.57. The maximum absolute atomic E-state index is 11.8. The second kappa shape index (κ2) is 6.43. The number of urea groups is 1. The Morgan fingerprint density at radius 1 is 1.38 bits per heavy atom. The van der Waals surface area contributed by atoms with Crippen LogP contribution in [-0.4, -0.2) is 28.6 Å². The van der Waals surface area contributed by atoms with Crippen molar-refractivity contribution in [2.45, 2.75) is 46.1 Å². The van der Waals surface area contributed by atoms with Crippen LogP contribution in [0.2, 0.25) is 0 Å². The van der Waals surface area contributed by atoms with Crippen LogP contribution in [0.4, 0.5) is 4.79 Å². The third kappa shape index (κ3) is 3.72. The first-order valence-corrected chi connectivity index (χ1v) is 7.99. The normalized spacial score (nSPS) is 16.1. The number of hydrogen-bond donors (Lipinski definition) is 3. The summed E-state index contributed by atoms with van der Waals surface area (Å²) in [4.78, 5) is 27.1. The number of hydrogen-bond acceptors (Lipinski definition) is 4. The summed E-state index contributed by atoms with van der Waals surface area (Å²) in [6.07, 6.45) is 4.68. The van der Waals surface area contributed by atoms with Crippen molar-refractivity contribution in [3.05, 3.63) is 15.6 Å². The molecule has 7 heteroatoms. The van der Waals surface area contributed by atoms with Crippen molar-refractivity contribution < 1.29 is 14.7 Å². The SMILES string of the molecule is CCC1(CNC(=O)NCc2nc(C)c(C(=O)O)s2)CCC1. The number of carbonyl (C=O) groups excluding carboxylic acids is 1. The molecule has 1 heterocycles. The zero-order valence-corrected chi connectivity index (χ0v) is 13.2. The summed E-state index contributed by atoms with van der Waals surface area (Å²) < 4.78 is 0. The van der Waals surface area contributed by atoms with Crippen LogP contribution in [0.15, 0.2) is 0 Å². The molecular formula is C14H21N3O3S. The average molecular weight is 311 g/mol. The molecule has 0 aromatic carbocycles. The number of rotatable bonds is 6. The maximum Gasteiger partial charge on any atom is 0.347 e. The van der Waals surface area contributed by atoms with E-state index in [1.807, 2.05) is 0 Å². The predicted octanol–water partition coefficient (Wildman–Crippen LogP) is 2.53. The van der Waals surface area contributed by atoms with Gasteiger partial charge in [0.15, 0.2) is 0 Å². The van der Waals surface area contributed by atoms with Crippen molar-refractivity contribution in [3.63, 3.8) is 0 Å². The topological polar surface area (TPSA) is 91.3 Å². The lowest BCUT2D eigenvalue weighted by Gasteiger charge is -2.41. The molecule has 1 saturated carbocycles. The van der Waals surface area contributed by atoms with Gasteiger partial charge in [-0.15, -0.1) is 11.3 Å². The van der Waals surface area contributed by atoms with Crippen molar-refractivity contribution in [2.75, 3.05) is 6.54 Å². The summed E-state index contributed by atoms with van der Waals surface area (Å²) in [6, 6.07) is -0.223. The molecule has 21 heavy (non-hydrogen) atoms. The molecule has 1 aromatic heterocycles. The molecule has 116 valence electrons. The zero-order valence-electron chi connectivity index (χ0n) is 12.4. The molecule has 1 aromatic rings. The first-order chi connectivity index (χ1) is 9.96. The van der Waals surface area contributed by atoms with E-state index in [9.17, 15) is 9.59 Å². The van der Waals surface area contributed by atoms with Crippen molar-refractivity contribution in [1.82, 2.24) is 15.6 Å². The number of thiazole rings is 1. The van der Waals surface area contributed by atoms with Gasteiger partial charge in [0.1, 0.15) is 9.88 Å². The number of amides is 2. The van der Waals surface area contributed by atoms with Gasteiger partial charge in [-0.25, -0.2) is 14.6 Å². The Morgan fingerprint density at radius 2 is 2.10 bits per heavy atom. The number of carbonyl (C=O) groups is 2. The first kappa shape index (κ1) is 15.8. The van der Waals surface area contributed by atoms with E-state index in [0.717, 1.165) is 17.8 Å². The van der Waals surface area contributed by atoms with E-state index in [4.69, 9.17) is 5.11 Å². The van der Waals surface area contributed by atoms with Crippen LogP contribution in [0.1, 0.15) is 53.0 Å². The molecule has 0 radical (unpaired) electrons. The summed E-state index contributed by atoms with van der Waals surface area (Å²) in [5, 5.41) is 15.2. The van der Waals surface area contributed by atoms with Crippen molar-refractivity contribution >= 4 is 23.3 Å². The third-order valence-corrected chi connectivity index (χ3v) is 5.37. The fraction of sp³-hybridized carbons (Fsp3) is 0.643. The van der Waals surface area contributed by atoms with E-state index in [-0.39, 0.29) is 22.9 Å². The number of aromatic carboxylic acids is 1. The monoisotopic (exact) mass is 311 g/mol. The van der Waals surface area contributed by atoms with Crippen LogP contribution in [0, 0.1) is 12.3 Å². The lowest BCUT2D eigenvalue weighted by atomic mass is 9.67. The molecule has 1 fully saturated rings. The molecule has 0 unspecified atom stereocenters. The van der Waals surface area contributed by atoms with Gasteiger partial charge in [-0.2, -0.15) is 0 Å². The molecule has 0 bridgehead atoms. The Labute approximate surface area is 128 Å². The second-order valence-corrected chi connectivity index (χ2v) is 6.65. The summed E-state index contributed by atoms with van der Waals surface area (Å²) >= 11 is 1.10. The smallest absolute Gasteiger partial charge is 0.347 e. The first-order valence-electron chi connectivity index (χ1n) is 7.17. The van der Waals surface area contributed by atoms with Crippen molar-refractivity contribution in [2.24, 2.45) is 5.41 Å². The van der Waals surface area contributed by atoms with Crippen molar-refractivity contribution in [3.8, 4) is 0 Å². The highest BCUT2D eigenvalue weighted by molar-refractivity contribution is 7.13. The highest BCUT2D eigenvalue weighted by Crippen LogP contribution is 2.42. The minimum Gasteiger partial charge on any atom is -0.477 e. The van der Waals surface area contributed by atoms with Crippen LogP contribution < -0.4 is 10.6 Å². The number of nitrogens with zero attached hydrogens (tertiary/aromatic N) is 1. The molecule has 1 aliphatic carbocycles. The third-order valence-electron chi connectivity index (χ3n) is 4.22. The van der Waals surface area contributed by atoms with Gasteiger partial charge in [0, 0.05) is 6.54 Å². The van der Waals surface area contributed by atoms with E-state index in [2.05, 4.69) is 22.5 Å². The number of aromatic nitrogens is 1. The Bertz CT molecular complexity index is 532. The minimum atomic E-state index is -0.976. The number of carboxylic acid groups (broad SMARTS) is 1. The molecule has 2 amide bonds. The quantitative estimate of drug-likeness (QED) is 0.753. The highest BCUT2D eigenvalue weighted by Gasteiger charge is 2.35. The molecule has 0 saturated heterocycles. The Morgan fingerprint density at radius 3 is 2.57 bits per heavy atom. The Kier molecular flexibility index (Phi) is 4.82. The number of nitrogens with one attached hydrogen (secondary N) is 2. The molecule has 1 aliphatic rings. The largest absolute Gasteiger partial charge is 0.477 e. The van der Waals surface area contributed by atoms with E-state index in [1.165, 1.54) is 19.3 Å². The van der Waals surface area contributed by atoms with E-state index >= 15 is 0 Å². The summed E-state index contributed by atoms with van der Waals surface area (Å²) in [7, 11) is 0. The van der Waals surface area contributed by atoms with E-state index < -0.39 is 5.97 Å². The minimum absolute atomic E-state index is 0.223. The Hall–Kier alpha value is -1.63. The van der Waals surface area contributed by atoms with Gasteiger partial charge in [-0.3, -0.25) is 0 Å². The van der Waals surface area contributed by atoms with Crippen molar-refractivity contribution in [1.29, 1.82) is 0 Å². The molecule has 0 aliphatic heterocycles. The molecule has 0 spiro atoms. The van der Waals surface area contributed by atoms with Gasteiger partial charge in [0.05, 0.1) is 12.2 Å². The molecule has 2 rings (SSSR count). The van der Waals surface area contributed by atoms with Gasteiger partial charge in [-0.1, -0.05) is 13.3 Å². The fourth-order valence-corrected chi connectivity index (χ4v) is 3.39. The van der Waals surface area contributed by atoms with Crippen LogP contribution in [0.25, 0.3) is 0 Å². The van der Waals surface area contributed by atoms with Crippen LogP contribution in [-0.2, 0) is 6.54 Å². The van der Waals surface area contributed by atoms with Gasteiger partial charge in [0.2, 0.25) is 0 Å². The summed E-state index contributed by atoms with van der Waals surface area (Å²) in [6.45, 7) is 4.77. The zero-order chi connectivity index (χ0) is 15.5. The van der Waals surface area contributed by atoms with Gasteiger partial charge < -0.3 is 15.7 Å².